The molecule has 0 saturated carbocycles. The third-order valence-electron chi connectivity index (χ3n) is 8.03. The Hall–Kier alpha value is -2.85. The average molecular weight is 793 g/mol. The third-order valence-corrected chi connectivity index (χ3v) is 8.98. The molecule has 10 nitrogen and oxygen atoms in total. The molecule has 11 heteroatoms. The van der Waals surface area contributed by atoms with Crippen molar-refractivity contribution in [2.45, 2.75) is 154 Å². The normalized spacial score (nSPS) is 14.8. The molecule has 314 valence electrons. The van der Waals surface area contributed by atoms with Gasteiger partial charge in [-0.1, -0.05) is 131 Å². The lowest BCUT2D eigenvalue weighted by atomic mass is 10.1. The highest BCUT2D eigenvalue weighted by atomic mass is 31.2. The van der Waals surface area contributed by atoms with Crippen molar-refractivity contribution in [3.63, 3.8) is 0 Å². The molecule has 0 aliphatic carbocycles. The minimum atomic E-state index is -4.64. The number of unbranched alkanes of at least 4 members (excludes halogenated alkanes) is 9. The monoisotopic (exact) mass is 792 g/mol. The van der Waals surface area contributed by atoms with Gasteiger partial charge in [0, 0.05) is 12.8 Å². The van der Waals surface area contributed by atoms with Crippen molar-refractivity contribution in [3.05, 3.63) is 85.1 Å². The Kier molecular flexibility index (Phi) is 37.3. The molecular formula is C44H73O10P. The van der Waals surface area contributed by atoms with Gasteiger partial charge < -0.3 is 24.6 Å². The zero-order chi connectivity index (χ0) is 40.5. The number of phosphoric acid groups is 1. The van der Waals surface area contributed by atoms with E-state index in [0.717, 1.165) is 77.0 Å². The quantitative estimate of drug-likeness (QED) is 0.0240. The van der Waals surface area contributed by atoms with Crippen LogP contribution < -0.4 is 0 Å². The number of esters is 2. The first-order valence-corrected chi connectivity index (χ1v) is 22.0. The number of hydrogen-bond acceptors (Lipinski definition) is 9. The number of carbonyl (C=O) groups is 2. The van der Waals surface area contributed by atoms with Gasteiger partial charge in [0.1, 0.15) is 12.7 Å². The molecular weight excluding hydrogens is 719 g/mol. The van der Waals surface area contributed by atoms with Crippen molar-refractivity contribution < 1.29 is 47.8 Å². The SMILES string of the molecule is CCC=CCC=CCC=CCCCCCCCC(=O)OC[C@H](COP(=O)(O)OC[C@@H](O)CO)OC(=O)CCCC=CCC=CCC=CCC=CCCCCC. The summed E-state index contributed by atoms with van der Waals surface area (Å²) in [7, 11) is -4.64. The van der Waals surface area contributed by atoms with Crippen LogP contribution in [0.5, 0.6) is 0 Å². The number of phosphoric ester groups is 1. The summed E-state index contributed by atoms with van der Waals surface area (Å²) >= 11 is 0. The van der Waals surface area contributed by atoms with E-state index < -0.39 is 51.8 Å². The van der Waals surface area contributed by atoms with E-state index in [0.29, 0.717) is 19.3 Å². The standard InChI is InChI=1S/C44H73O10P/c1-3-5-7-9-11-13-15-17-19-20-22-24-26-28-30-32-34-36-44(48)54-42(40-53-55(49,50)52-38-41(46)37-45)39-51-43(47)35-33-31-29-27-25-23-21-18-16-14-12-10-8-6-4-2/h6,8,11-14,17-19,21-22,24,28,30,41-42,45-46H,3-5,7,9-10,15-16,20,23,25-27,29,31-40H2,1-2H3,(H,49,50)/t41-,42+/m0/s1. The van der Waals surface area contributed by atoms with Crippen LogP contribution in [0.3, 0.4) is 0 Å². The van der Waals surface area contributed by atoms with E-state index >= 15 is 0 Å². The first kappa shape index (κ1) is 52.2. The summed E-state index contributed by atoms with van der Waals surface area (Å²) in [6, 6.07) is 0. The molecule has 0 aliphatic rings. The Morgan fingerprint density at radius 3 is 1.56 bits per heavy atom. The van der Waals surface area contributed by atoms with Gasteiger partial charge in [-0.25, -0.2) is 4.57 Å². The summed E-state index contributed by atoms with van der Waals surface area (Å²) in [6.45, 7) is 2.13. The van der Waals surface area contributed by atoms with E-state index in [9.17, 15) is 24.2 Å². The fourth-order valence-electron chi connectivity index (χ4n) is 4.88. The van der Waals surface area contributed by atoms with Crippen LogP contribution in [-0.2, 0) is 32.7 Å². The molecule has 0 bridgehead atoms. The second-order valence-corrected chi connectivity index (χ2v) is 14.7. The number of rotatable bonds is 37. The predicted molar refractivity (Wildman–Crippen MR) is 223 cm³/mol. The second kappa shape index (κ2) is 39.4. The van der Waals surface area contributed by atoms with E-state index in [-0.39, 0.29) is 19.4 Å². The molecule has 1 unspecified atom stereocenters. The van der Waals surface area contributed by atoms with Crippen molar-refractivity contribution in [2.24, 2.45) is 0 Å². The van der Waals surface area contributed by atoms with Gasteiger partial charge in [-0.2, -0.15) is 0 Å². The van der Waals surface area contributed by atoms with Gasteiger partial charge in [0.15, 0.2) is 6.10 Å². The summed E-state index contributed by atoms with van der Waals surface area (Å²) in [5, 5.41) is 18.3. The fraction of sp³-hybridized carbons (Fsp3) is 0.636. The molecule has 0 aromatic rings. The van der Waals surface area contributed by atoms with Crippen molar-refractivity contribution in [1.29, 1.82) is 0 Å². The maximum atomic E-state index is 12.6. The van der Waals surface area contributed by atoms with Gasteiger partial charge in [-0.05, 0) is 83.5 Å². The van der Waals surface area contributed by atoms with Crippen LogP contribution in [0.2, 0.25) is 0 Å². The number of ether oxygens (including phenoxy) is 2. The van der Waals surface area contributed by atoms with Gasteiger partial charge in [0.2, 0.25) is 0 Å². The predicted octanol–water partition coefficient (Wildman–Crippen LogP) is 10.7. The highest BCUT2D eigenvalue weighted by Crippen LogP contribution is 2.43. The molecule has 0 amide bonds. The molecule has 0 rings (SSSR count). The molecule has 0 aliphatic heterocycles. The fourth-order valence-corrected chi connectivity index (χ4v) is 5.67. The lowest BCUT2D eigenvalue weighted by molar-refractivity contribution is -0.161. The van der Waals surface area contributed by atoms with E-state index in [2.05, 4.69) is 91.3 Å². The highest BCUT2D eigenvalue weighted by molar-refractivity contribution is 7.47. The second-order valence-electron chi connectivity index (χ2n) is 13.3. The van der Waals surface area contributed by atoms with Gasteiger partial charge in [0.25, 0.3) is 0 Å². The number of hydrogen-bond donors (Lipinski definition) is 3. The number of allylic oxidation sites excluding steroid dienone is 14. The van der Waals surface area contributed by atoms with Gasteiger partial charge in [0.05, 0.1) is 19.8 Å². The van der Waals surface area contributed by atoms with E-state index in [1.807, 2.05) is 12.2 Å². The van der Waals surface area contributed by atoms with Gasteiger partial charge in [-0.15, -0.1) is 0 Å². The van der Waals surface area contributed by atoms with Crippen LogP contribution in [-0.4, -0.2) is 65.7 Å². The first-order chi connectivity index (χ1) is 26.7. The van der Waals surface area contributed by atoms with Gasteiger partial charge in [-0.3, -0.25) is 18.6 Å². The van der Waals surface area contributed by atoms with Crippen molar-refractivity contribution in [3.8, 4) is 0 Å². The van der Waals surface area contributed by atoms with Crippen molar-refractivity contribution in [1.82, 2.24) is 0 Å². The van der Waals surface area contributed by atoms with Crippen LogP contribution in [0.25, 0.3) is 0 Å². The van der Waals surface area contributed by atoms with E-state index in [1.54, 1.807) is 0 Å². The molecule has 0 fully saturated rings. The Morgan fingerprint density at radius 2 is 1.02 bits per heavy atom. The Balaban J connectivity index is 4.48. The zero-order valence-corrected chi connectivity index (χ0v) is 34.7. The molecule has 0 aromatic carbocycles. The van der Waals surface area contributed by atoms with Crippen LogP contribution in [0.1, 0.15) is 142 Å². The largest absolute Gasteiger partial charge is 0.472 e. The first-order valence-electron chi connectivity index (χ1n) is 20.5. The summed E-state index contributed by atoms with van der Waals surface area (Å²) in [6.07, 6.45) is 45.5. The summed E-state index contributed by atoms with van der Waals surface area (Å²) < 4.78 is 32.6. The minimum Gasteiger partial charge on any atom is -0.462 e. The zero-order valence-electron chi connectivity index (χ0n) is 33.9. The summed E-state index contributed by atoms with van der Waals surface area (Å²) in [5.74, 6) is -1.02. The molecule has 0 spiro atoms. The van der Waals surface area contributed by atoms with Crippen LogP contribution in [0, 0.1) is 0 Å². The Morgan fingerprint density at radius 1 is 0.564 bits per heavy atom. The number of aliphatic hydroxyl groups excluding tert-OH is 2. The molecule has 0 heterocycles. The van der Waals surface area contributed by atoms with E-state index in [4.69, 9.17) is 19.1 Å². The molecule has 3 atom stereocenters. The smallest absolute Gasteiger partial charge is 0.462 e. The summed E-state index contributed by atoms with van der Waals surface area (Å²) in [5.41, 5.74) is 0. The van der Waals surface area contributed by atoms with Gasteiger partial charge >= 0.3 is 19.8 Å². The van der Waals surface area contributed by atoms with Crippen molar-refractivity contribution >= 4 is 19.8 Å². The average Bonchev–Trinajstić information content (AvgIpc) is 3.17. The number of aliphatic hydroxyl groups is 2. The topological polar surface area (TPSA) is 149 Å². The highest BCUT2D eigenvalue weighted by Gasteiger charge is 2.27. The summed E-state index contributed by atoms with van der Waals surface area (Å²) in [4.78, 5) is 34.9. The molecule has 0 saturated heterocycles. The Bertz CT molecular complexity index is 1190. The molecule has 3 N–H and O–H groups in total. The lowest BCUT2D eigenvalue weighted by Crippen LogP contribution is -2.29. The van der Waals surface area contributed by atoms with Crippen LogP contribution >= 0.6 is 7.82 Å². The van der Waals surface area contributed by atoms with Crippen LogP contribution in [0.15, 0.2) is 85.1 Å². The molecule has 0 aromatic heterocycles. The minimum absolute atomic E-state index is 0.0994. The maximum absolute atomic E-state index is 12.6. The van der Waals surface area contributed by atoms with E-state index in [1.165, 1.54) is 19.3 Å². The molecule has 0 radical (unpaired) electrons. The molecule has 55 heavy (non-hydrogen) atoms. The number of carbonyl (C=O) groups excluding carboxylic acids is 2. The van der Waals surface area contributed by atoms with Crippen molar-refractivity contribution in [2.75, 3.05) is 26.4 Å². The lowest BCUT2D eigenvalue weighted by Gasteiger charge is -2.20. The van der Waals surface area contributed by atoms with Crippen LogP contribution in [0.4, 0.5) is 0 Å². The third kappa shape index (κ3) is 39.2. The maximum Gasteiger partial charge on any atom is 0.472 e. The Labute approximate surface area is 332 Å².